The quantitative estimate of drug-likeness (QED) is 0.632. The Hall–Kier alpha value is -1.38. The molecule has 0 amide bonds. The number of aromatic nitrogens is 3. The Morgan fingerprint density at radius 3 is 3.08 bits per heavy atom. The molecule has 0 unspecified atom stereocenters. The molecule has 1 aliphatic rings. The topological polar surface area (TPSA) is 30.2 Å². The van der Waals surface area contributed by atoms with Gasteiger partial charge in [-0.2, -0.15) is 5.10 Å². The number of hydrogen-bond donors (Lipinski definition) is 0. The second kappa shape index (κ2) is 2.06. The molecule has 0 aromatic carbocycles. The molecule has 0 radical (unpaired) electrons. The number of fused-ring (bicyclic) bond motifs is 1. The van der Waals surface area contributed by atoms with E-state index >= 15 is 0 Å². The Morgan fingerprint density at radius 1 is 1.33 bits per heavy atom. The summed E-state index contributed by atoms with van der Waals surface area (Å²) >= 11 is 0. The van der Waals surface area contributed by atoms with Crippen molar-refractivity contribution in [3.8, 4) is 0 Å². The Morgan fingerprint density at radius 2 is 2.25 bits per heavy atom. The van der Waals surface area contributed by atoms with Crippen molar-refractivity contribution in [3.63, 3.8) is 0 Å². The summed E-state index contributed by atoms with van der Waals surface area (Å²) in [6.45, 7) is 0. The highest BCUT2D eigenvalue weighted by molar-refractivity contribution is 5.37. The third-order valence-corrected chi connectivity index (χ3v) is 2.27. The summed E-state index contributed by atoms with van der Waals surface area (Å²) < 4.78 is 1.84. The predicted octanol–water partition coefficient (Wildman–Crippen LogP) is 1.61. The minimum Gasteiger partial charge on any atom is -0.236 e. The van der Waals surface area contributed by atoms with Gasteiger partial charge in [-0.1, -0.05) is 0 Å². The van der Waals surface area contributed by atoms with Crippen molar-refractivity contribution in [1.82, 2.24) is 14.6 Å². The molecule has 0 atom stereocenters. The van der Waals surface area contributed by atoms with E-state index in [1.165, 1.54) is 18.5 Å². The second-order valence-corrected chi connectivity index (χ2v) is 3.26. The first kappa shape index (κ1) is 6.17. The maximum absolute atomic E-state index is 4.45. The lowest BCUT2D eigenvalue weighted by molar-refractivity contribution is 0.855. The van der Waals surface area contributed by atoms with Gasteiger partial charge in [-0.25, -0.2) is 9.50 Å². The molecule has 60 valence electrons. The van der Waals surface area contributed by atoms with Gasteiger partial charge in [-0.15, -0.1) is 0 Å². The highest BCUT2D eigenvalue weighted by Crippen LogP contribution is 2.38. The molecule has 3 rings (SSSR count). The molecule has 2 aromatic rings. The Bertz CT molecular complexity index is 414. The number of imidazole rings is 1. The molecule has 12 heavy (non-hydrogen) atoms. The highest BCUT2D eigenvalue weighted by Gasteiger charge is 2.25. The van der Waals surface area contributed by atoms with E-state index in [4.69, 9.17) is 0 Å². The van der Waals surface area contributed by atoms with Gasteiger partial charge >= 0.3 is 0 Å². The van der Waals surface area contributed by atoms with Crippen LogP contribution < -0.4 is 0 Å². The van der Waals surface area contributed by atoms with Crippen molar-refractivity contribution in [2.45, 2.75) is 18.8 Å². The first-order valence-corrected chi connectivity index (χ1v) is 4.24. The van der Waals surface area contributed by atoms with Crippen LogP contribution >= 0.6 is 0 Å². The molecular weight excluding hydrogens is 150 g/mol. The van der Waals surface area contributed by atoms with E-state index in [-0.39, 0.29) is 0 Å². The van der Waals surface area contributed by atoms with E-state index < -0.39 is 0 Å². The van der Waals surface area contributed by atoms with E-state index in [0.29, 0.717) is 0 Å². The smallest absolute Gasteiger partial charge is 0.153 e. The van der Waals surface area contributed by atoms with Crippen LogP contribution in [0.3, 0.4) is 0 Å². The molecule has 0 saturated heterocycles. The molecule has 0 N–H and O–H groups in total. The molecule has 1 fully saturated rings. The van der Waals surface area contributed by atoms with Gasteiger partial charge in [0.05, 0.1) is 5.69 Å². The molecule has 0 bridgehead atoms. The minimum absolute atomic E-state index is 0.719. The average Bonchev–Trinajstić information content (AvgIpc) is 2.84. The SMILES string of the molecule is c1cn2nc(C3CC3)ccc2n1. The zero-order valence-electron chi connectivity index (χ0n) is 6.64. The average molecular weight is 159 g/mol. The lowest BCUT2D eigenvalue weighted by atomic mass is 10.3. The van der Waals surface area contributed by atoms with Gasteiger partial charge in [-0.3, -0.25) is 0 Å². The van der Waals surface area contributed by atoms with Crippen molar-refractivity contribution in [1.29, 1.82) is 0 Å². The highest BCUT2D eigenvalue weighted by atomic mass is 15.2. The van der Waals surface area contributed by atoms with Gasteiger partial charge in [0, 0.05) is 18.3 Å². The van der Waals surface area contributed by atoms with Gasteiger partial charge < -0.3 is 0 Å². The van der Waals surface area contributed by atoms with Crippen molar-refractivity contribution >= 4 is 5.65 Å². The first-order valence-electron chi connectivity index (χ1n) is 4.24. The Kier molecular flexibility index (Phi) is 1.06. The van der Waals surface area contributed by atoms with Crippen molar-refractivity contribution < 1.29 is 0 Å². The summed E-state index contributed by atoms with van der Waals surface area (Å²) in [7, 11) is 0. The van der Waals surface area contributed by atoms with Crippen molar-refractivity contribution in [2.24, 2.45) is 0 Å². The Labute approximate surface area is 70.0 Å². The summed E-state index contributed by atoms with van der Waals surface area (Å²) in [5, 5.41) is 4.45. The standard InChI is InChI=1S/C9H9N3/c1-2-7(1)8-3-4-9-10-5-6-12(9)11-8/h3-7H,1-2H2. The van der Waals surface area contributed by atoms with Crippen molar-refractivity contribution in [3.05, 3.63) is 30.2 Å². The Balaban J connectivity index is 2.21. The van der Waals surface area contributed by atoms with Crippen molar-refractivity contribution in [2.75, 3.05) is 0 Å². The fraction of sp³-hybridized carbons (Fsp3) is 0.333. The maximum atomic E-state index is 4.45. The van der Waals surface area contributed by atoms with Gasteiger partial charge in [0.2, 0.25) is 0 Å². The van der Waals surface area contributed by atoms with Gasteiger partial charge in [-0.05, 0) is 25.0 Å². The number of nitrogens with zero attached hydrogens (tertiary/aromatic N) is 3. The molecule has 3 nitrogen and oxygen atoms in total. The van der Waals surface area contributed by atoms with E-state index in [2.05, 4.69) is 16.1 Å². The van der Waals surface area contributed by atoms with E-state index in [9.17, 15) is 0 Å². The summed E-state index contributed by atoms with van der Waals surface area (Å²) in [4.78, 5) is 4.14. The number of hydrogen-bond acceptors (Lipinski definition) is 2. The lowest BCUT2D eigenvalue weighted by Gasteiger charge is -1.96. The zero-order chi connectivity index (χ0) is 7.97. The summed E-state index contributed by atoms with van der Waals surface area (Å²) in [6, 6.07) is 4.11. The predicted molar refractivity (Wildman–Crippen MR) is 45.0 cm³/mol. The summed E-state index contributed by atoms with van der Waals surface area (Å²) in [5.74, 6) is 0.719. The van der Waals surface area contributed by atoms with Crippen LogP contribution in [0.4, 0.5) is 0 Å². The van der Waals surface area contributed by atoms with Crippen LogP contribution in [0.5, 0.6) is 0 Å². The molecule has 0 aliphatic heterocycles. The molecule has 1 saturated carbocycles. The fourth-order valence-electron chi connectivity index (χ4n) is 1.43. The monoisotopic (exact) mass is 159 g/mol. The normalized spacial score (nSPS) is 17.0. The van der Waals surface area contributed by atoms with Crippen LogP contribution in [0.1, 0.15) is 24.5 Å². The summed E-state index contributed by atoms with van der Waals surface area (Å²) in [5.41, 5.74) is 2.14. The first-order chi connectivity index (χ1) is 5.93. The summed E-state index contributed by atoms with van der Waals surface area (Å²) in [6.07, 6.45) is 6.26. The lowest BCUT2D eigenvalue weighted by Crippen LogP contribution is -1.94. The van der Waals surface area contributed by atoms with Crippen LogP contribution in [0.15, 0.2) is 24.5 Å². The van der Waals surface area contributed by atoms with Gasteiger partial charge in [0.15, 0.2) is 5.65 Å². The third-order valence-electron chi connectivity index (χ3n) is 2.27. The number of rotatable bonds is 1. The van der Waals surface area contributed by atoms with Crippen LogP contribution in [0, 0.1) is 0 Å². The van der Waals surface area contributed by atoms with E-state index in [1.807, 2.05) is 16.8 Å². The van der Waals surface area contributed by atoms with Crippen LogP contribution in [-0.4, -0.2) is 14.6 Å². The van der Waals surface area contributed by atoms with Crippen LogP contribution in [0.25, 0.3) is 5.65 Å². The minimum atomic E-state index is 0.719. The molecule has 3 heteroatoms. The molecule has 0 spiro atoms. The fourth-order valence-corrected chi connectivity index (χ4v) is 1.43. The van der Waals surface area contributed by atoms with Gasteiger partial charge in [0.1, 0.15) is 0 Å². The van der Waals surface area contributed by atoms with Gasteiger partial charge in [0.25, 0.3) is 0 Å². The third kappa shape index (κ3) is 0.826. The molecule has 1 aliphatic carbocycles. The zero-order valence-corrected chi connectivity index (χ0v) is 6.64. The largest absolute Gasteiger partial charge is 0.236 e. The maximum Gasteiger partial charge on any atom is 0.153 e. The van der Waals surface area contributed by atoms with Crippen LogP contribution in [-0.2, 0) is 0 Å². The van der Waals surface area contributed by atoms with E-state index in [1.54, 1.807) is 6.20 Å². The molecular formula is C9H9N3. The molecule has 2 heterocycles. The van der Waals surface area contributed by atoms with E-state index in [0.717, 1.165) is 11.6 Å². The second-order valence-electron chi connectivity index (χ2n) is 3.26. The van der Waals surface area contributed by atoms with Crippen LogP contribution in [0.2, 0.25) is 0 Å². The molecule has 2 aromatic heterocycles.